The summed E-state index contributed by atoms with van der Waals surface area (Å²) < 4.78 is 42.5. The molecular weight excluding hydrogens is 361 g/mol. The molecule has 0 aliphatic carbocycles. The number of halogens is 3. The van der Waals surface area contributed by atoms with Crippen LogP contribution in [-0.2, 0) is 0 Å². The molecule has 0 saturated carbocycles. The van der Waals surface area contributed by atoms with Crippen LogP contribution in [0.2, 0.25) is 0 Å². The number of rotatable bonds is 4. The number of benzene rings is 3. The molecule has 0 radical (unpaired) electrons. The van der Waals surface area contributed by atoms with E-state index in [-0.39, 0.29) is 28.4 Å². The van der Waals surface area contributed by atoms with Crippen molar-refractivity contribution in [2.75, 3.05) is 0 Å². The second-order valence-electron chi connectivity index (χ2n) is 5.41. The molecule has 0 spiro atoms. The van der Waals surface area contributed by atoms with Gasteiger partial charge >= 0.3 is 6.36 Å². The summed E-state index contributed by atoms with van der Waals surface area (Å²) in [7, 11) is 0. The lowest BCUT2D eigenvalue weighted by molar-refractivity contribution is -0.274. The predicted molar refractivity (Wildman–Crippen MR) is 92.5 cm³/mol. The summed E-state index contributed by atoms with van der Waals surface area (Å²) in [6.07, 6.45) is -4.92. The third-order valence-corrected chi connectivity index (χ3v) is 3.55. The van der Waals surface area contributed by atoms with E-state index < -0.39 is 12.1 Å². The number of alkyl halides is 3. The van der Waals surface area contributed by atoms with E-state index in [4.69, 9.17) is 0 Å². The number of hydrogen-bond acceptors (Lipinski definition) is 5. The van der Waals surface area contributed by atoms with Crippen LogP contribution in [0.15, 0.2) is 77.0 Å². The fourth-order valence-corrected chi connectivity index (χ4v) is 2.41. The number of hydrogen-bond donors (Lipinski definition) is 2. The molecule has 0 aromatic heterocycles. The molecule has 0 aliphatic heterocycles. The lowest BCUT2D eigenvalue weighted by atomic mass is 10.0. The van der Waals surface area contributed by atoms with Gasteiger partial charge in [0.25, 0.3) is 0 Å². The number of aromatic hydroxyl groups is 2. The summed E-state index contributed by atoms with van der Waals surface area (Å²) in [6.45, 7) is 0. The molecule has 0 atom stereocenters. The molecule has 0 fully saturated rings. The quantitative estimate of drug-likeness (QED) is 0.544. The first-order valence-electron chi connectivity index (χ1n) is 7.72. The Labute approximate surface area is 152 Å². The first-order chi connectivity index (χ1) is 12.8. The predicted octanol–water partition coefficient (Wildman–Crippen LogP) is 6.08. The average molecular weight is 374 g/mol. The van der Waals surface area contributed by atoms with E-state index in [0.717, 1.165) is 12.1 Å². The molecule has 3 rings (SSSR count). The Hall–Kier alpha value is -3.55. The monoisotopic (exact) mass is 374 g/mol. The van der Waals surface area contributed by atoms with Gasteiger partial charge < -0.3 is 14.9 Å². The molecule has 5 nitrogen and oxygen atoms in total. The lowest BCUT2D eigenvalue weighted by Crippen LogP contribution is -2.17. The van der Waals surface area contributed by atoms with Crippen molar-refractivity contribution in [3.8, 4) is 28.4 Å². The maximum absolute atomic E-state index is 12.8. The van der Waals surface area contributed by atoms with E-state index >= 15 is 0 Å². The van der Waals surface area contributed by atoms with E-state index in [9.17, 15) is 23.4 Å². The van der Waals surface area contributed by atoms with Gasteiger partial charge in [-0.3, -0.25) is 0 Å². The Morgan fingerprint density at radius 2 is 1.41 bits per heavy atom. The first kappa shape index (κ1) is 18.2. The Balaban J connectivity index is 2.17. The van der Waals surface area contributed by atoms with Gasteiger partial charge in [-0.1, -0.05) is 42.5 Å². The van der Waals surface area contributed by atoms with E-state index in [0.29, 0.717) is 5.56 Å². The van der Waals surface area contributed by atoms with Crippen molar-refractivity contribution in [1.82, 2.24) is 0 Å². The van der Waals surface area contributed by atoms with E-state index in [1.807, 2.05) is 0 Å². The molecular formula is C19H13F3N2O3. The van der Waals surface area contributed by atoms with Crippen LogP contribution < -0.4 is 4.74 Å². The molecule has 8 heteroatoms. The van der Waals surface area contributed by atoms with Crippen LogP contribution in [0.1, 0.15) is 0 Å². The molecule has 3 aromatic carbocycles. The van der Waals surface area contributed by atoms with Crippen molar-refractivity contribution in [2.24, 2.45) is 10.2 Å². The van der Waals surface area contributed by atoms with Crippen molar-refractivity contribution in [3.05, 3.63) is 66.7 Å². The molecule has 0 bridgehead atoms. The van der Waals surface area contributed by atoms with Gasteiger partial charge in [0.15, 0.2) is 0 Å². The number of para-hydroxylation sites is 1. The van der Waals surface area contributed by atoms with E-state index in [1.165, 1.54) is 12.1 Å². The number of azo groups is 1. The van der Waals surface area contributed by atoms with E-state index in [2.05, 4.69) is 15.0 Å². The largest absolute Gasteiger partial charge is 0.573 e. The zero-order valence-corrected chi connectivity index (χ0v) is 13.7. The molecule has 138 valence electrons. The lowest BCUT2D eigenvalue weighted by Gasteiger charge is -2.15. The van der Waals surface area contributed by atoms with Crippen molar-refractivity contribution >= 4 is 11.4 Å². The third-order valence-electron chi connectivity index (χ3n) is 3.55. The van der Waals surface area contributed by atoms with Gasteiger partial charge in [-0.15, -0.1) is 23.4 Å². The molecule has 0 unspecified atom stereocenters. The number of nitrogens with zero attached hydrogens (tertiary/aromatic N) is 2. The van der Waals surface area contributed by atoms with Crippen molar-refractivity contribution in [2.45, 2.75) is 6.36 Å². The second kappa shape index (κ2) is 7.36. The number of phenolic OH excluding ortho intramolecular Hbond substituents is 2. The topological polar surface area (TPSA) is 74.4 Å². The zero-order valence-electron chi connectivity index (χ0n) is 13.7. The normalized spacial score (nSPS) is 11.7. The average Bonchev–Trinajstić information content (AvgIpc) is 2.62. The van der Waals surface area contributed by atoms with Gasteiger partial charge in [-0.05, 0) is 29.8 Å². The van der Waals surface area contributed by atoms with Gasteiger partial charge in [-0.2, -0.15) is 0 Å². The zero-order chi connectivity index (χ0) is 19.4. The fourth-order valence-electron chi connectivity index (χ4n) is 2.41. The Morgan fingerprint density at radius 1 is 0.741 bits per heavy atom. The van der Waals surface area contributed by atoms with Crippen LogP contribution in [0.25, 0.3) is 11.1 Å². The number of ether oxygens (including phenoxy) is 1. The molecule has 2 N–H and O–H groups in total. The maximum atomic E-state index is 12.8. The summed E-state index contributed by atoms with van der Waals surface area (Å²) in [6, 6.07) is 16.1. The van der Waals surface area contributed by atoms with E-state index in [1.54, 1.807) is 42.5 Å². The second-order valence-corrected chi connectivity index (χ2v) is 5.41. The number of phenols is 2. The highest BCUT2D eigenvalue weighted by Gasteiger charge is 2.33. The minimum atomic E-state index is -4.92. The summed E-state index contributed by atoms with van der Waals surface area (Å²) in [5, 5.41) is 27.6. The van der Waals surface area contributed by atoms with Gasteiger partial charge in [0.1, 0.15) is 28.6 Å². The molecule has 0 saturated heterocycles. The summed E-state index contributed by atoms with van der Waals surface area (Å²) in [5.41, 5.74) is 0.148. The Bertz CT molecular complexity index is 974. The minimum Gasteiger partial charge on any atom is -0.506 e. The molecule has 27 heavy (non-hydrogen) atoms. The standard InChI is InChI=1S/C19H13F3N2O3/c20-19(21,22)27-16-11-10-15(26)18(17(16)12-6-2-1-3-7-12)24-23-13-8-4-5-9-14(13)25/h1-11,25-26H. The molecule has 0 aliphatic rings. The molecule has 0 amide bonds. The smallest absolute Gasteiger partial charge is 0.506 e. The van der Waals surface area contributed by atoms with Crippen molar-refractivity contribution in [3.63, 3.8) is 0 Å². The van der Waals surface area contributed by atoms with Crippen LogP contribution in [0, 0.1) is 0 Å². The third kappa shape index (κ3) is 4.35. The van der Waals surface area contributed by atoms with Gasteiger partial charge in [0.2, 0.25) is 0 Å². The van der Waals surface area contributed by atoms with Crippen molar-refractivity contribution in [1.29, 1.82) is 0 Å². The highest BCUT2D eigenvalue weighted by atomic mass is 19.4. The van der Waals surface area contributed by atoms with Crippen LogP contribution >= 0.6 is 0 Å². The van der Waals surface area contributed by atoms with Crippen LogP contribution in [0.3, 0.4) is 0 Å². The van der Waals surface area contributed by atoms with Crippen LogP contribution in [-0.4, -0.2) is 16.6 Å². The Morgan fingerprint density at radius 3 is 2.07 bits per heavy atom. The first-order valence-corrected chi connectivity index (χ1v) is 7.72. The minimum absolute atomic E-state index is 0.0768. The van der Waals surface area contributed by atoms with Gasteiger partial charge in [0, 0.05) is 0 Å². The Kier molecular flexibility index (Phi) is 4.98. The van der Waals surface area contributed by atoms with Crippen molar-refractivity contribution < 1.29 is 28.1 Å². The highest BCUT2D eigenvalue weighted by Crippen LogP contribution is 2.46. The summed E-state index contributed by atoms with van der Waals surface area (Å²) in [4.78, 5) is 0. The van der Waals surface area contributed by atoms with Gasteiger partial charge in [0.05, 0.1) is 5.56 Å². The molecule has 3 aromatic rings. The van der Waals surface area contributed by atoms with Gasteiger partial charge in [-0.25, -0.2) is 0 Å². The summed E-state index contributed by atoms with van der Waals surface area (Å²) >= 11 is 0. The fraction of sp³-hybridized carbons (Fsp3) is 0.0526. The van der Waals surface area contributed by atoms with Crippen LogP contribution in [0.4, 0.5) is 24.5 Å². The highest BCUT2D eigenvalue weighted by molar-refractivity contribution is 5.85. The summed E-state index contributed by atoms with van der Waals surface area (Å²) in [5.74, 6) is -1.08. The van der Waals surface area contributed by atoms with Crippen LogP contribution in [0.5, 0.6) is 17.2 Å². The maximum Gasteiger partial charge on any atom is 0.573 e. The SMILES string of the molecule is Oc1ccccc1N=Nc1c(O)ccc(OC(F)(F)F)c1-c1ccccc1. The molecule has 0 heterocycles.